The van der Waals surface area contributed by atoms with Crippen molar-refractivity contribution in [2.75, 3.05) is 12.8 Å². The minimum atomic E-state index is 0.716. The van der Waals surface area contributed by atoms with Crippen LogP contribution in [0.25, 0.3) is 0 Å². The van der Waals surface area contributed by atoms with E-state index >= 15 is 0 Å². The van der Waals surface area contributed by atoms with Crippen molar-refractivity contribution in [3.8, 4) is 0 Å². The average Bonchev–Trinajstić information content (AvgIpc) is 2.69. The van der Waals surface area contributed by atoms with E-state index in [1.165, 1.54) is 5.56 Å². The second-order valence-electron chi connectivity index (χ2n) is 4.50. The summed E-state index contributed by atoms with van der Waals surface area (Å²) >= 11 is 6.16. The number of aryl methyl sites for hydroxylation is 1. The number of hydrogen-bond acceptors (Lipinski definition) is 3. The van der Waals surface area contributed by atoms with Gasteiger partial charge in [0.15, 0.2) is 0 Å². The fourth-order valence-electron chi connectivity index (χ4n) is 1.93. The standard InChI is InChI=1S/C13H17ClN4/c1-17(7-10-6-16-18(2)8-10)9-11-12(14)4-3-5-13(11)15/h3-6,8H,7,9,15H2,1-2H3. The Morgan fingerprint density at radius 2 is 2.17 bits per heavy atom. The molecule has 0 spiro atoms. The lowest BCUT2D eigenvalue weighted by Crippen LogP contribution is -2.18. The Bertz CT molecular complexity index is 515. The lowest BCUT2D eigenvalue weighted by atomic mass is 10.1. The van der Waals surface area contributed by atoms with Crippen molar-refractivity contribution >= 4 is 17.3 Å². The van der Waals surface area contributed by atoms with Gasteiger partial charge in [-0.1, -0.05) is 17.7 Å². The van der Waals surface area contributed by atoms with E-state index in [2.05, 4.69) is 10.00 Å². The molecular weight excluding hydrogens is 248 g/mol. The van der Waals surface area contributed by atoms with Gasteiger partial charge >= 0.3 is 0 Å². The largest absolute Gasteiger partial charge is 0.398 e. The number of benzene rings is 1. The second kappa shape index (κ2) is 5.42. The predicted molar refractivity (Wildman–Crippen MR) is 74.2 cm³/mol. The minimum absolute atomic E-state index is 0.716. The van der Waals surface area contributed by atoms with Gasteiger partial charge in [0.2, 0.25) is 0 Å². The van der Waals surface area contributed by atoms with Crippen molar-refractivity contribution in [1.82, 2.24) is 14.7 Å². The van der Waals surface area contributed by atoms with Crippen LogP contribution in [0.15, 0.2) is 30.6 Å². The highest BCUT2D eigenvalue weighted by atomic mass is 35.5. The van der Waals surface area contributed by atoms with Crippen LogP contribution in [-0.2, 0) is 20.1 Å². The first-order valence-corrected chi connectivity index (χ1v) is 6.13. The Kier molecular flexibility index (Phi) is 3.89. The third-order valence-corrected chi connectivity index (χ3v) is 3.15. The third-order valence-electron chi connectivity index (χ3n) is 2.79. The Labute approximate surface area is 112 Å². The maximum absolute atomic E-state index is 6.16. The highest BCUT2D eigenvalue weighted by molar-refractivity contribution is 6.31. The summed E-state index contributed by atoms with van der Waals surface area (Å²) in [6.45, 7) is 1.54. The Morgan fingerprint density at radius 1 is 1.39 bits per heavy atom. The van der Waals surface area contributed by atoms with Crippen molar-refractivity contribution in [1.29, 1.82) is 0 Å². The molecule has 0 unspecified atom stereocenters. The molecule has 0 radical (unpaired) electrons. The van der Waals surface area contributed by atoms with Crippen LogP contribution in [0.5, 0.6) is 0 Å². The third kappa shape index (κ3) is 3.03. The molecule has 1 aromatic heterocycles. The van der Waals surface area contributed by atoms with Gasteiger partial charge < -0.3 is 5.73 Å². The van der Waals surface area contributed by atoms with Crippen molar-refractivity contribution in [2.24, 2.45) is 7.05 Å². The van der Waals surface area contributed by atoms with E-state index in [1.54, 1.807) is 4.68 Å². The molecule has 96 valence electrons. The quantitative estimate of drug-likeness (QED) is 0.862. The van der Waals surface area contributed by atoms with Crippen molar-refractivity contribution in [3.63, 3.8) is 0 Å². The predicted octanol–water partition coefficient (Wildman–Crippen LogP) is 2.29. The van der Waals surface area contributed by atoms with E-state index in [4.69, 9.17) is 17.3 Å². The lowest BCUT2D eigenvalue weighted by Gasteiger charge is -2.17. The van der Waals surface area contributed by atoms with Crippen LogP contribution in [0.2, 0.25) is 5.02 Å². The zero-order valence-corrected chi connectivity index (χ0v) is 11.4. The molecule has 1 heterocycles. The number of nitrogens with zero attached hydrogens (tertiary/aromatic N) is 3. The monoisotopic (exact) mass is 264 g/mol. The van der Waals surface area contributed by atoms with Crippen LogP contribution in [0.4, 0.5) is 5.69 Å². The number of hydrogen-bond donors (Lipinski definition) is 1. The molecule has 0 saturated carbocycles. The van der Waals surface area contributed by atoms with Gasteiger partial charge in [-0.25, -0.2) is 0 Å². The Balaban J connectivity index is 2.05. The van der Waals surface area contributed by atoms with Gasteiger partial charge in [0.25, 0.3) is 0 Å². The van der Waals surface area contributed by atoms with E-state index in [1.807, 2.05) is 44.7 Å². The van der Waals surface area contributed by atoms with Crippen LogP contribution in [0.3, 0.4) is 0 Å². The molecule has 0 aliphatic heterocycles. The molecule has 0 saturated heterocycles. The Morgan fingerprint density at radius 3 is 2.78 bits per heavy atom. The molecule has 0 atom stereocenters. The number of nitrogens with two attached hydrogens (primary N) is 1. The number of aromatic nitrogens is 2. The highest BCUT2D eigenvalue weighted by Gasteiger charge is 2.09. The lowest BCUT2D eigenvalue weighted by molar-refractivity contribution is 0.319. The maximum atomic E-state index is 6.16. The van der Waals surface area contributed by atoms with Crippen LogP contribution in [0, 0.1) is 0 Å². The topological polar surface area (TPSA) is 47.1 Å². The van der Waals surface area contributed by atoms with Crippen LogP contribution in [0.1, 0.15) is 11.1 Å². The molecule has 2 rings (SSSR count). The molecule has 5 heteroatoms. The summed E-state index contributed by atoms with van der Waals surface area (Å²) in [6.07, 6.45) is 3.87. The van der Waals surface area contributed by atoms with Gasteiger partial charge in [-0.05, 0) is 19.2 Å². The van der Waals surface area contributed by atoms with E-state index in [0.29, 0.717) is 5.02 Å². The normalized spacial score (nSPS) is 11.1. The second-order valence-corrected chi connectivity index (χ2v) is 4.91. The summed E-state index contributed by atoms with van der Waals surface area (Å²) in [5.41, 5.74) is 8.83. The first-order valence-electron chi connectivity index (χ1n) is 5.75. The summed E-state index contributed by atoms with van der Waals surface area (Å²) < 4.78 is 1.80. The molecule has 2 aromatic rings. The molecule has 1 aromatic carbocycles. The van der Waals surface area contributed by atoms with Gasteiger partial charge in [0, 0.05) is 48.2 Å². The molecule has 0 aliphatic carbocycles. The van der Waals surface area contributed by atoms with Gasteiger partial charge in [-0.15, -0.1) is 0 Å². The van der Waals surface area contributed by atoms with Gasteiger partial charge in [0.05, 0.1) is 6.20 Å². The summed E-state index contributed by atoms with van der Waals surface area (Å²) in [4.78, 5) is 2.16. The molecule has 0 fully saturated rings. The van der Waals surface area contributed by atoms with Gasteiger partial charge in [0.1, 0.15) is 0 Å². The molecule has 2 N–H and O–H groups in total. The van der Waals surface area contributed by atoms with E-state index < -0.39 is 0 Å². The van der Waals surface area contributed by atoms with Crippen LogP contribution < -0.4 is 5.73 Å². The molecule has 4 nitrogen and oxygen atoms in total. The molecule has 0 amide bonds. The van der Waals surface area contributed by atoms with E-state index in [-0.39, 0.29) is 0 Å². The zero-order chi connectivity index (χ0) is 13.1. The number of rotatable bonds is 4. The fraction of sp³-hybridized carbons (Fsp3) is 0.308. The first kappa shape index (κ1) is 12.9. The van der Waals surface area contributed by atoms with Gasteiger partial charge in [-0.3, -0.25) is 9.58 Å². The van der Waals surface area contributed by atoms with Crippen LogP contribution >= 0.6 is 11.6 Å². The van der Waals surface area contributed by atoms with Crippen LogP contribution in [-0.4, -0.2) is 21.7 Å². The number of anilines is 1. The van der Waals surface area contributed by atoms with E-state index in [9.17, 15) is 0 Å². The summed E-state index contributed by atoms with van der Waals surface area (Å²) in [6, 6.07) is 5.60. The number of halogens is 1. The summed E-state index contributed by atoms with van der Waals surface area (Å²) in [5.74, 6) is 0. The highest BCUT2D eigenvalue weighted by Crippen LogP contribution is 2.23. The zero-order valence-electron chi connectivity index (χ0n) is 10.6. The fourth-order valence-corrected chi connectivity index (χ4v) is 2.17. The Hall–Kier alpha value is -1.52. The molecule has 0 aliphatic rings. The molecule has 0 bridgehead atoms. The van der Waals surface area contributed by atoms with Crippen molar-refractivity contribution < 1.29 is 0 Å². The van der Waals surface area contributed by atoms with Gasteiger partial charge in [-0.2, -0.15) is 5.10 Å². The minimum Gasteiger partial charge on any atom is -0.398 e. The molecular formula is C13H17ClN4. The van der Waals surface area contributed by atoms with E-state index in [0.717, 1.165) is 24.3 Å². The summed E-state index contributed by atoms with van der Waals surface area (Å²) in [7, 11) is 3.95. The maximum Gasteiger partial charge on any atom is 0.0534 e. The smallest absolute Gasteiger partial charge is 0.0534 e. The first-order chi connectivity index (χ1) is 8.56. The average molecular weight is 265 g/mol. The molecule has 18 heavy (non-hydrogen) atoms. The SMILES string of the molecule is CN(Cc1cnn(C)c1)Cc1c(N)cccc1Cl. The van der Waals surface area contributed by atoms with Crippen molar-refractivity contribution in [2.45, 2.75) is 13.1 Å². The summed E-state index contributed by atoms with van der Waals surface area (Å²) in [5, 5.41) is 4.87. The van der Waals surface area contributed by atoms with Crippen molar-refractivity contribution in [3.05, 3.63) is 46.7 Å². The number of nitrogen functional groups attached to an aromatic ring is 1.